The number of halogens is 1. The second-order valence-corrected chi connectivity index (χ2v) is 9.83. The summed E-state index contributed by atoms with van der Waals surface area (Å²) in [4.78, 5) is 16.3. The Bertz CT molecular complexity index is 1170. The molecular formula is C18H19FN6O3S2. The molecule has 1 aliphatic heterocycles. The maximum absolute atomic E-state index is 13.7. The number of para-hydroxylation sites is 1. The van der Waals surface area contributed by atoms with E-state index in [1.165, 1.54) is 35.0 Å². The molecule has 3 heterocycles. The predicted octanol–water partition coefficient (Wildman–Crippen LogP) is 2.23. The van der Waals surface area contributed by atoms with E-state index in [9.17, 15) is 17.6 Å². The summed E-state index contributed by atoms with van der Waals surface area (Å²) in [5.41, 5.74) is 0.0762. The molecule has 0 bridgehead atoms. The fraction of sp³-hybridized carbons (Fsp3) is 0.333. The lowest BCUT2D eigenvalue weighted by Gasteiger charge is -2.29. The molecule has 9 nitrogen and oxygen atoms in total. The van der Waals surface area contributed by atoms with Gasteiger partial charge in [-0.25, -0.2) is 17.8 Å². The molecule has 12 heteroatoms. The molecule has 1 N–H and O–H groups in total. The maximum atomic E-state index is 13.7. The first-order valence-electron chi connectivity index (χ1n) is 9.22. The lowest BCUT2D eigenvalue weighted by Crippen LogP contribution is -2.38. The fourth-order valence-electron chi connectivity index (χ4n) is 3.23. The van der Waals surface area contributed by atoms with E-state index in [0.717, 1.165) is 11.3 Å². The third-order valence-electron chi connectivity index (χ3n) is 4.85. The number of piperidine rings is 1. The molecule has 1 aliphatic rings. The molecule has 3 aromatic rings. The third-order valence-corrected chi connectivity index (χ3v) is 7.71. The van der Waals surface area contributed by atoms with Gasteiger partial charge < -0.3 is 9.88 Å². The van der Waals surface area contributed by atoms with Crippen LogP contribution in [0.25, 0.3) is 0 Å². The van der Waals surface area contributed by atoms with Crippen molar-refractivity contribution in [2.24, 2.45) is 7.05 Å². The summed E-state index contributed by atoms with van der Waals surface area (Å²) >= 11 is 1.14. The van der Waals surface area contributed by atoms with Gasteiger partial charge in [0.25, 0.3) is 15.9 Å². The number of nitrogens with one attached hydrogen (secondary N) is 1. The zero-order valence-corrected chi connectivity index (χ0v) is 17.7. The molecule has 0 atom stereocenters. The van der Waals surface area contributed by atoms with Gasteiger partial charge in [0.15, 0.2) is 5.03 Å². The monoisotopic (exact) mass is 450 g/mol. The van der Waals surface area contributed by atoms with Gasteiger partial charge in [-0.15, -0.1) is 10.2 Å². The number of hydrogen-bond acceptors (Lipinski definition) is 7. The van der Waals surface area contributed by atoms with Crippen LogP contribution in [0.4, 0.5) is 10.1 Å². The number of hydrogen-bond donors (Lipinski definition) is 1. The van der Waals surface area contributed by atoms with Gasteiger partial charge in [-0.05, 0) is 25.0 Å². The minimum Gasteiger partial charge on any atom is -0.339 e. The van der Waals surface area contributed by atoms with E-state index in [0.29, 0.717) is 30.9 Å². The lowest BCUT2D eigenvalue weighted by molar-refractivity contribution is 0.102. The number of amides is 1. The standard InChI is InChI=1S/C18H19FN6O3S2/c1-24-10-15(20-11-24)30(27,28)25-8-6-12(7-9-25)17-22-23-18(29-17)16(26)21-14-5-3-2-4-13(14)19/h2-5,10-12H,6-9H2,1H3,(H,21,26). The normalized spacial score (nSPS) is 15.9. The fourth-order valence-corrected chi connectivity index (χ4v) is 5.57. The highest BCUT2D eigenvalue weighted by Crippen LogP contribution is 2.32. The quantitative estimate of drug-likeness (QED) is 0.638. The Balaban J connectivity index is 1.39. The van der Waals surface area contributed by atoms with Crippen LogP contribution in [0.1, 0.15) is 33.6 Å². The first-order chi connectivity index (χ1) is 14.3. The number of carbonyl (C=O) groups is 1. The topological polar surface area (TPSA) is 110 Å². The number of benzene rings is 1. The Morgan fingerprint density at radius 2 is 1.97 bits per heavy atom. The smallest absolute Gasteiger partial charge is 0.286 e. The van der Waals surface area contributed by atoms with Crippen LogP contribution in [-0.4, -0.2) is 51.5 Å². The predicted molar refractivity (Wildman–Crippen MR) is 108 cm³/mol. The van der Waals surface area contributed by atoms with Crippen molar-refractivity contribution < 1.29 is 17.6 Å². The van der Waals surface area contributed by atoms with E-state index in [4.69, 9.17) is 0 Å². The molecule has 2 aromatic heterocycles. The lowest BCUT2D eigenvalue weighted by atomic mass is 9.99. The minimum absolute atomic E-state index is 0.00712. The number of anilines is 1. The van der Waals surface area contributed by atoms with Crippen molar-refractivity contribution in [2.45, 2.75) is 23.8 Å². The second kappa shape index (κ2) is 8.20. The van der Waals surface area contributed by atoms with Crippen molar-refractivity contribution in [1.82, 2.24) is 24.1 Å². The molecule has 30 heavy (non-hydrogen) atoms. The summed E-state index contributed by atoms with van der Waals surface area (Å²) in [6.07, 6.45) is 4.06. The molecule has 158 valence electrons. The van der Waals surface area contributed by atoms with Gasteiger partial charge in [-0.3, -0.25) is 4.79 Å². The first kappa shape index (κ1) is 20.6. The number of aromatic nitrogens is 4. The molecular weight excluding hydrogens is 431 g/mol. The minimum atomic E-state index is -3.62. The Kier molecular flexibility index (Phi) is 5.62. The molecule has 1 saturated heterocycles. The highest BCUT2D eigenvalue weighted by atomic mass is 32.2. The molecule has 0 saturated carbocycles. The SMILES string of the molecule is Cn1cnc(S(=O)(=O)N2CCC(c3nnc(C(=O)Nc4ccccc4F)s3)CC2)c1. The van der Waals surface area contributed by atoms with Crippen LogP contribution >= 0.6 is 11.3 Å². The van der Waals surface area contributed by atoms with Crippen LogP contribution in [0.15, 0.2) is 41.8 Å². The Labute approximate surface area is 176 Å². The van der Waals surface area contributed by atoms with E-state index < -0.39 is 21.7 Å². The van der Waals surface area contributed by atoms with Gasteiger partial charge in [0.1, 0.15) is 10.8 Å². The van der Waals surface area contributed by atoms with Crippen LogP contribution in [0, 0.1) is 5.82 Å². The van der Waals surface area contributed by atoms with Gasteiger partial charge >= 0.3 is 0 Å². The van der Waals surface area contributed by atoms with Crippen molar-refractivity contribution in [1.29, 1.82) is 0 Å². The molecule has 0 spiro atoms. The van der Waals surface area contributed by atoms with Gasteiger partial charge in [-0.2, -0.15) is 4.31 Å². The Morgan fingerprint density at radius 1 is 1.23 bits per heavy atom. The molecule has 0 unspecified atom stereocenters. The molecule has 1 fully saturated rings. The van der Waals surface area contributed by atoms with Crippen molar-refractivity contribution in [3.8, 4) is 0 Å². The summed E-state index contributed by atoms with van der Waals surface area (Å²) in [7, 11) is -1.91. The molecule has 0 radical (unpaired) electrons. The van der Waals surface area contributed by atoms with Crippen LogP contribution in [0.3, 0.4) is 0 Å². The molecule has 0 aliphatic carbocycles. The van der Waals surface area contributed by atoms with Crippen LogP contribution < -0.4 is 5.32 Å². The molecule has 1 amide bonds. The van der Waals surface area contributed by atoms with Crippen molar-refractivity contribution in [2.75, 3.05) is 18.4 Å². The van der Waals surface area contributed by atoms with E-state index >= 15 is 0 Å². The number of carbonyl (C=O) groups excluding carboxylic acids is 1. The van der Waals surface area contributed by atoms with E-state index in [-0.39, 0.29) is 21.6 Å². The summed E-state index contributed by atoms with van der Waals surface area (Å²) in [6.45, 7) is 0.666. The Hall–Kier alpha value is -2.70. The van der Waals surface area contributed by atoms with Crippen molar-refractivity contribution in [3.05, 3.63) is 52.6 Å². The summed E-state index contributed by atoms with van der Waals surface area (Å²) in [5, 5.41) is 11.4. The van der Waals surface area contributed by atoms with Crippen LogP contribution in [0.2, 0.25) is 0 Å². The number of sulfonamides is 1. The molecule has 1 aromatic carbocycles. The van der Waals surface area contributed by atoms with E-state index in [2.05, 4.69) is 20.5 Å². The summed E-state index contributed by atoms with van der Waals surface area (Å²) in [6, 6.07) is 5.88. The number of aryl methyl sites for hydroxylation is 1. The van der Waals surface area contributed by atoms with Crippen molar-refractivity contribution >= 4 is 33.0 Å². The second-order valence-electron chi connectivity index (χ2n) is 6.94. The maximum Gasteiger partial charge on any atom is 0.286 e. The number of rotatable bonds is 5. The highest BCUT2D eigenvalue weighted by Gasteiger charge is 2.32. The van der Waals surface area contributed by atoms with Gasteiger partial charge in [0.05, 0.1) is 12.0 Å². The van der Waals surface area contributed by atoms with Crippen LogP contribution in [0.5, 0.6) is 0 Å². The van der Waals surface area contributed by atoms with E-state index in [1.807, 2.05) is 0 Å². The van der Waals surface area contributed by atoms with Gasteiger partial charge in [-0.1, -0.05) is 23.5 Å². The average molecular weight is 451 g/mol. The zero-order valence-electron chi connectivity index (χ0n) is 16.0. The first-order valence-corrected chi connectivity index (χ1v) is 11.5. The van der Waals surface area contributed by atoms with Gasteiger partial charge in [0.2, 0.25) is 5.01 Å². The third kappa shape index (κ3) is 4.11. The van der Waals surface area contributed by atoms with Crippen molar-refractivity contribution in [3.63, 3.8) is 0 Å². The highest BCUT2D eigenvalue weighted by molar-refractivity contribution is 7.89. The molecule has 4 rings (SSSR count). The van der Waals surface area contributed by atoms with Crippen LogP contribution in [-0.2, 0) is 17.1 Å². The summed E-state index contributed by atoms with van der Waals surface area (Å²) < 4.78 is 42.1. The number of nitrogens with zero attached hydrogens (tertiary/aromatic N) is 5. The van der Waals surface area contributed by atoms with E-state index in [1.54, 1.807) is 17.7 Å². The summed E-state index contributed by atoms with van der Waals surface area (Å²) in [5.74, 6) is -1.05. The van der Waals surface area contributed by atoms with Gasteiger partial charge in [0, 0.05) is 32.3 Å². The number of imidazole rings is 1. The average Bonchev–Trinajstić information content (AvgIpc) is 3.40. The largest absolute Gasteiger partial charge is 0.339 e. The Morgan fingerprint density at radius 3 is 2.63 bits per heavy atom. The zero-order chi connectivity index (χ0) is 21.3.